The second-order valence-electron chi connectivity index (χ2n) is 6.67. The van der Waals surface area contributed by atoms with Gasteiger partial charge in [-0.2, -0.15) is 4.31 Å². The molecule has 0 saturated heterocycles. The summed E-state index contributed by atoms with van der Waals surface area (Å²) in [6.45, 7) is 3.79. The molecule has 140 valence electrons. The summed E-state index contributed by atoms with van der Waals surface area (Å²) in [7, 11) is -3.70. The third-order valence-corrected chi connectivity index (χ3v) is 7.16. The van der Waals surface area contributed by atoms with E-state index in [-0.39, 0.29) is 29.4 Å². The van der Waals surface area contributed by atoms with Crippen LogP contribution in [0.1, 0.15) is 52.4 Å². The highest BCUT2D eigenvalue weighted by Crippen LogP contribution is 2.28. The van der Waals surface area contributed by atoms with Crippen LogP contribution in [0, 0.1) is 0 Å². The van der Waals surface area contributed by atoms with Crippen LogP contribution in [0.15, 0.2) is 33.6 Å². The first-order chi connectivity index (χ1) is 11.8. The molecule has 1 saturated carbocycles. The number of carbonyl (C=O) groups is 1. The Balaban J connectivity index is 2.26. The largest absolute Gasteiger partial charge is 0.353 e. The summed E-state index contributed by atoms with van der Waals surface area (Å²) in [6, 6.07) is 6.53. The molecule has 1 atom stereocenters. The molecule has 1 aliphatic rings. The molecule has 1 aliphatic carbocycles. The van der Waals surface area contributed by atoms with Gasteiger partial charge in [0.05, 0.1) is 11.4 Å². The Labute approximate surface area is 159 Å². The van der Waals surface area contributed by atoms with Crippen LogP contribution < -0.4 is 5.32 Å². The maximum atomic E-state index is 13.2. The molecule has 5 nitrogen and oxygen atoms in total. The minimum Gasteiger partial charge on any atom is -0.353 e. The summed E-state index contributed by atoms with van der Waals surface area (Å²) in [4.78, 5) is 12.6. The molecular weight excluding hydrogens is 404 g/mol. The van der Waals surface area contributed by atoms with Gasteiger partial charge in [0, 0.05) is 16.6 Å². The first kappa shape index (κ1) is 20.4. The molecule has 2 rings (SSSR count). The van der Waals surface area contributed by atoms with Crippen molar-refractivity contribution in [1.29, 1.82) is 0 Å². The van der Waals surface area contributed by atoms with Gasteiger partial charge in [0.1, 0.15) is 0 Å². The zero-order chi connectivity index (χ0) is 18.4. The van der Waals surface area contributed by atoms with Crippen molar-refractivity contribution in [3.63, 3.8) is 0 Å². The average Bonchev–Trinajstić information content (AvgIpc) is 2.60. The van der Waals surface area contributed by atoms with Crippen LogP contribution >= 0.6 is 15.9 Å². The van der Waals surface area contributed by atoms with Crippen LogP contribution in [0.4, 0.5) is 0 Å². The van der Waals surface area contributed by atoms with E-state index >= 15 is 0 Å². The molecule has 25 heavy (non-hydrogen) atoms. The van der Waals surface area contributed by atoms with Gasteiger partial charge in [-0.15, -0.1) is 0 Å². The lowest BCUT2D eigenvalue weighted by molar-refractivity contribution is -0.122. The smallest absolute Gasteiger partial charge is 0.243 e. The van der Waals surface area contributed by atoms with Crippen LogP contribution in [0.5, 0.6) is 0 Å². The molecular formula is C18H27BrN2O3S. The SMILES string of the molecule is CC[C@H](C)NC(=O)CN(C1CCCCC1)S(=O)(=O)c1ccc(Br)cc1. The molecule has 0 spiro atoms. The number of hydrogen-bond donors (Lipinski definition) is 1. The van der Waals surface area contributed by atoms with E-state index in [4.69, 9.17) is 0 Å². The molecule has 1 aromatic carbocycles. The Morgan fingerprint density at radius 1 is 1.24 bits per heavy atom. The molecule has 1 amide bonds. The fraction of sp³-hybridized carbons (Fsp3) is 0.611. The van der Waals surface area contributed by atoms with E-state index in [1.165, 1.54) is 4.31 Å². The Morgan fingerprint density at radius 2 is 1.84 bits per heavy atom. The van der Waals surface area contributed by atoms with Gasteiger partial charge in [0.15, 0.2) is 0 Å². The second-order valence-corrected chi connectivity index (χ2v) is 9.48. The van der Waals surface area contributed by atoms with Crippen LogP contribution in [0.25, 0.3) is 0 Å². The van der Waals surface area contributed by atoms with Gasteiger partial charge in [-0.3, -0.25) is 4.79 Å². The fourth-order valence-electron chi connectivity index (χ4n) is 3.09. The molecule has 0 aromatic heterocycles. The van der Waals surface area contributed by atoms with Gasteiger partial charge in [-0.1, -0.05) is 42.1 Å². The lowest BCUT2D eigenvalue weighted by Gasteiger charge is -2.33. The van der Waals surface area contributed by atoms with E-state index < -0.39 is 10.0 Å². The normalized spacial score (nSPS) is 17.4. The zero-order valence-electron chi connectivity index (χ0n) is 14.9. The number of halogens is 1. The first-order valence-electron chi connectivity index (χ1n) is 8.91. The maximum absolute atomic E-state index is 13.2. The van der Waals surface area contributed by atoms with E-state index in [0.717, 1.165) is 43.0 Å². The number of sulfonamides is 1. The number of amides is 1. The lowest BCUT2D eigenvalue weighted by atomic mass is 9.95. The highest BCUT2D eigenvalue weighted by atomic mass is 79.9. The van der Waals surface area contributed by atoms with E-state index in [9.17, 15) is 13.2 Å². The molecule has 0 bridgehead atoms. The molecule has 0 unspecified atom stereocenters. The van der Waals surface area contributed by atoms with Crippen LogP contribution in [-0.4, -0.2) is 37.3 Å². The van der Waals surface area contributed by atoms with Crippen molar-refractivity contribution in [2.75, 3.05) is 6.54 Å². The Kier molecular flexibility index (Phi) is 7.46. The number of rotatable bonds is 7. The van der Waals surface area contributed by atoms with Gasteiger partial charge in [-0.25, -0.2) is 8.42 Å². The van der Waals surface area contributed by atoms with Crippen LogP contribution in [-0.2, 0) is 14.8 Å². The topological polar surface area (TPSA) is 66.5 Å². The molecule has 0 aliphatic heterocycles. The Hall–Kier alpha value is -0.920. The average molecular weight is 431 g/mol. The summed E-state index contributed by atoms with van der Waals surface area (Å²) >= 11 is 3.33. The van der Waals surface area contributed by atoms with Gasteiger partial charge >= 0.3 is 0 Å². The molecule has 0 heterocycles. The second kappa shape index (κ2) is 9.14. The number of nitrogens with one attached hydrogen (secondary N) is 1. The predicted molar refractivity (Wildman–Crippen MR) is 103 cm³/mol. The summed E-state index contributed by atoms with van der Waals surface area (Å²) in [5.74, 6) is -0.236. The number of benzene rings is 1. The quantitative estimate of drug-likeness (QED) is 0.716. The van der Waals surface area contributed by atoms with E-state index in [1.54, 1.807) is 24.3 Å². The molecule has 1 aromatic rings. The van der Waals surface area contributed by atoms with Crippen molar-refractivity contribution < 1.29 is 13.2 Å². The van der Waals surface area contributed by atoms with E-state index in [1.807, 2.05) is 13.8 Å². The number of nitrogens with zero attached hydrogens (tertiary/aromatic N) is 1. The summed E-state index contributed by atoms with van der Waals surface area (Å²) in [5.41, 5.74) is 0. The Morgan fingerprint density at radius 3 is 2.40 bits per heavy atom. The van der Waals surface area contributed by atoms with Crippen molar-refractivity contribution in [3.8, 4) is 0 Å². The van der Waals surface area contributed by atoms with Crippen molar-refractivity contribution in [1.82, 2.24) is 9.62 Å². The first-order valence-corrected chi connectivity index (χ1v) is 11.1. The van der Waals surface area contributed by atoms with Crippen molar-refractivity contribution >= 4 is 31.9 Å². The summed E-state index contributed by atoms with van der Waals surface area (Å²) in [5, 5.41) is 2.88. The van der Waals surface area contributed by atoms with Crippen molar-refractivity contribution in [3.05, 3.63) is 28.7 Å². The Bertz CT molecular complexity index is 670. The third kappa shape index (κ3) is 5.53. The fourth-order valence-corrected chi connectivity index (χ4v) is 4.99. The van der Waals surface area contributed by atoms with Crippen molar-refractivity contribution in [2.45, 2.75) is 69.4 Å². The standard InChI is InChI=1S/C18H27BrN2O3S/c1-3-14(2)20-18(22)13-21(16-7-5-4-6-8-16)25(23,24)17-11-9-15(19)10-12-17/h9-12,14,16H,3-8,13H2,1-2H3,(H,20,22)/t14-/m0/s1. The number of carbonyl (C=O) groups excluding carboxylic acids is 1. The monoisotopic (exact) mass is 430 g/mol. The van der Waals surface area contributed by atoms with Crippen molar-refractivity contribution in [2.24, 2.45) is 0 Å². The predicted octanol–water partition coefficient (Wildman–Crippen LogP) is 3.69. The van der Waals surface area contributed by atoms with Gasteiger partial charge in [-0.05, 0) is 50.5 Å². The summed E-state index contributed by atoms with van der Waals surface area (Å²) in [6.07, 6.45) is 5.57. The maximum Gasteiger partial charge on any atom is 0.243 e. The lowest BCUT2D eigenvalue weighted by Crippen LogP contribution is -2.48. The van der Waals surface area contributed by atoms with Gasteiger partial charge in [0.2, 0.25) is 15.9 Å². The molecule has 1 fully saturated rings. The van der Waals surface area contributed by atoms with E-state index in [0.29, 0.717) is 0 Å². The highest BCUT2D eigenvalue weighted by molar-refractivity contribution is 9.10. The minimum absolute atomic E-state index is 0.0380. The van der Waals surface area contributed by atoms with Crippen LogP contribution in [0.3, 0.4) is 0 Å². The van der Waals surface area contributed by atoms with E-state index in [2.05, 4.69) is 21.2 Å². The molecule has 1 N–H and O–H groups in total. The van der Waals surface area contributed by atoms with Crippen LogP contribution in [0.2, 0.25) is 0 Å². The van der Waals surface area contributed by atoms with Gasteiger partial charge < -0.3 is 5.32 Å². The third-order valence-electron chi connectivity index (χ3n) is 4.72. The zero-order valence-corrected chi connectivity index (χ0v) is 17.3. The summed E-state index contributed by atoms with van der Waals surface area (Å²) < 4.78 is 28.6. The number of hydrogen-bond acceptors (Lipinski definition) is 3. The van der Waals surface area contributed by atoms with Gasteiger partial charge in [0.25, 0.3) is 0 Å². The highest BCUT2D eigenvalue weighted by Gasteiger charge is 2.34. The molecule has 7 heteroatoms. The molecule has 0 radical (unpaired) electrons. The minimum atomic E-state index is -3.70.